The van der Waals surface area contributed by atoms with Gasteiger partial charge in [-0.3, -0.25) is 0 Å². The maximum Gasteiger partial charge on any atom is 0.110 e. The molecule has 1 aromatic rings. The molecule has 2 nitrogen and oxygen atoms in total. The van der Waals surface area contributed by atoms with Crippen molar-refractivity contribution >= 4 is 0 Å². The SMILES string of the molecule is NC(C1=CCCCO1)C1(c2ccccc2)CCC1. The van der Waals surface area contributed by atoms with Crippen molar-refractivity contribution in [1.82, 2.24) is 0 Å². The average molecular weight is 243 g/mol. The van der Waals surface area contributed by atoms with Crippen molar-refractivity contribution < 1.29 is 4.74 Å². The summed E-state index contributed by atoms with van der Waals surface area (Å²) in [5.41, 5.74) is 8.02. The first-order chi connectivity index (χ1) is 8.83. The third-order valence-corrected chi connectivity index (χ3v) is 4.46. The fourth-order valence-electron chi connectivity index (χ4n) is 3.17. The van der Waals surface area contributed by atoms with E-state index < -0.39 is 0 Å². The Morgan fingerprint density at radius 1 is 1.11 bits per heavy atom. The second kappa shape index (κ2) is 4.77. The Bertz CT molecular complexity index is 434. The van der Waals surface area contributed by atoms with Crippen LogP contribution >= 0.6 is 0 Å². The van der Waals surface area contributed by atoms with Crippen LogP contribution in [-0.2, 0) is 10.2 Å². The summed E-state index contributed by atoms with van der Waals surface area (Å²) >= 11 is 0. The van der Waals surface area contributed by atoms with E-state index in [9.17, 15) is 0 Å². The van der Waals surface area contributed by atoms with Crippen LogP contribution in [0.5, 0.6) is 0 Å². The van der Waals surface area contributed by atoms with Crippen LogP contribution in [-0.4, -0.2) is 12.6 Å². The molecular formula is C16H21NO. The molecule has 96 valence electrons. The lowest BCUT2D eigenvalue weighted by Crippen LogP contribution is -2.52. The molecule has 2 aliphatic rings. The average Bonchev–Trinajstić information content (AvgIpc) is 2.40. The molecule has 1 saturated carbocycles. The van der Waals surface area contributed by atoms with Crippen LogP contribution in [0.4, 0.5) is 0 Å². The quantitative estimate of drug-likeness (QED) is 0.885. The van der Waals surface area contributed by atoms with E-state index in [1.54, 1.807) is 0 Å². The highest BCUT2D eigenvalue weighted by Gasteiger charge is 2.46. The summed E-state index contributed by atoms with van der Waals surface area (Å²) in [4.78, 5) is 0. The van der Waals surface area contributed by atoms with Gasteiger partial charge in [0.25, 0.3) is 0 Å². The van der Waals surface area contributed by atoms with Gasteiger partial charge in [-0.15, -0.1) is 0 Å². The van der Waals surface area contributed by atoms with Crippen molar-refractivity contribution in [3.63, 3.8) is 0 Å². The molecule has 1 aromatic carbocycles. The van der Waals surface area contributed by atoms with E-state index in [1.165, 1.54) is 24.8 Å². The summed E-state index contributed by atoms with van der Waals surface area (Å²) in [6.07, 6.45) is 8.05. The number of benzene rings is 1. The summed E-state index contributed by atoms with van der Waals surface area (Å²) in [6, 6.07) is 10.7. The third-order valence-electron chi connectivity index (χ3n) is 4.46. The monoisotopic (exact) mass is 243 g/mol. The molecule has 3 rings (SSSR count). The van der Waals surface area contributed by atoms with E-state index in [0.29, 0.717) is 0 Å². The van der Waals surface area contributed by atoms with Gasteiger partial charge in [0, 0.05) is 5.41 Å². The highest BCUT2D eigenvalue weighted by atomic mass is 16.5. The molecule has 1 heterocycles. The zero-order valence-electron chi connectivity index (χ0n) is 10.8. The van der Waals surface area contributed by atoms with Gasteiger partial charge in [-0.2, -0.15) is 0 Å². The molecule has 0 bridgehead atoms. The predicted octanol–water partition coefficient (Wildman–Crippen LogP) is 3.13. The normalized spacial score (nSPS) is 23.5. The van der Waals surface area contributed by atoms with E-state index in [2.05, 4.69) is 36.4 Å². The summed E-state index contributed by atoms with van der Waals surface area (Å²) in [6.45, 7) is 0.824. The summed E-state index contributed by atoms with van der Waals surface area (Å²) in [5.74, 6) is 1.02. The first-order valence-electron chi connectivity index (χ1n) is 6.97. The van der Waals surface area contributed by atoms with E-state index in [0.717, 1.165) is 25.2 Å². The summed E-state index contributed by atoms with van der Waals surface area (Å²) < 4.78 is 5.78. The van der Waals surface area contributed by atoms with Gasteiger partial charge in [-0.1, -0.05) is 36.8 Å². The standard InChI is InChI=1S/C16H21NO/c17-15(14-9-4-5-12-18-14)16(10-6-11-16)13-7-2-1-3-8-13/h1-3,7-9,15H,4-6,10-12,17H2. The zero-order valence-corrected chi connectivity index (χ0v) is 10.8. The van der Waals surface area contributed by atoms with Crippen LogP contribution in [0.2, 0.25) is 0 Å². The third kappa shape index (κ3) is 1.85. The Balaban J connectivity index is 1.90. The van der Waals surface area contributed by atoms with Crippen molar-refractivity contribution in [2.45, 2.75) is 43.6 Å². The maximum atomic E-state index is 6.53. The molecule has 1 atom stereocenters. The molecule has 2 heteroatoms. The minimum absolute atomic E-state index is 0.0222. The molecule has 1 fully saturated rings. The molecule has 18 heavy (non-hydrogen) atoms. The molecule has 1 aliphatic carbocycles. The Labute approximate surface area is 109 Å². The van der Waals surface area contributed by atoms with Crippen LogP contribution in [0.3, 0.4) is 0 Å². The van der Waals surface area contributed by atoms with Crippen molar-refractivity contribution in [3.05, 3.63) is 47.7 Å². The minimum atomic E-state index is 0.0222. The number of nitrogens with two attached hydrogens (primary N) is 1. The number of ether oxygens (including phenoxy) is 1. The van der Waals surface area contributed by atoms with E-state index in [-0.39, 0.29) is 11.5 Å². The van der Waals surface area contributed by atoms with Crippen molar-refractivity contribution in [2.75, 3.05) is 6.61 Å². The fraction of sp³-hybridized carbons (Fsp3) is 0.500. The summed E-state index contributed by atoms with van der Waals surface area (Å²) in [7, 11) is 0. The van der Waals surface area contributed by atoms with Crippen LogP contribution in [0.15, 0.2) is 42.2 Å². The Hall–Kier alpha value is -1.28. The first kappa shape index (κ1) is 11.8. The molecule has 1 unspecified atom stereocenters. The highest BCUT2D eigenvalue weighted by Crippen LogP contribution is 2.47. The number of hydrogen-bond donors (Lipinski definition) is 1. The van der Waals surface area contributed by atoms with Gasteiger partial charge < -0.3 is 10.5 Å². The first-order valence-corrected chi connectivity index (χ1v) is 6.97. The summed E-state index contributed by atoms with van der Waals surface area (Å²) in [5, 5.41) is 0. The Morgan fingerprint density at radius 3 is 2.44 bits per heavy atom. The largest absolute Gasteiger partial charge is 0.497 e. The van der Waals surface area contributed by atoms with Gasteiger partial charge >= 0.3 is 0 Å². The van der Waals surface area contributed by atoms with Gasteiger partial charge in [-0.05, 0) is 37.3 Å². The van der Waals surface area contributed by atoms with Gasteiger partial charge in [0.2, 0.25) is 0 Å². The Morgan fingerprint density at radius 2 is 1.89 bits per heavy atom. The van der Waals surface area contributed by atoms with Crippen molar-refractivity contribution in [3.8, 4) is 0 Å². The Kier molecular flexibility index (Phi) is 3.13. The van der Waals surface area contributed by atoms with E-state index >= 15 is 0 Å². The number of allylic oxidation sites excluding steroid dienone is 1. The minimum Gasteiger partial charge on any atom is -0.497 e. The molecular weight excluding hydrogens is 222 g/mol. The lowest BCUT2D eigenvalue weighted by molar-refractivity contribution is 0.121. The lowest BCUT2D eigenvalue weighted by atomic mass is 9.60. The second-order valence-corrected chi connectivity index (χ2v) is 5.45. The van der Waals surface area contributed by atoms with Gasteiger partial charge in [-0.25, -0.2) is 0 Å². The molecule has 0 saturated heterocycles. The van der Waals surface area contributed by atoms with Crippen LogP contribution in [0, 0.1) is 0 Å². The lowest BCUT2D eigenvalue weighted by Gasteiger charge is -2.47. The van der Waals surface area contributed by atoms with Crippen LogP contribution < -0.4 is 5.73 Å². The molecule has 0 aromatic heterocycles. The predicted molar refractivity (Wildman–Crippen MR) is 73.2 cm³/mol. The van der Waals surface area contributed by atoms with Crippen molar-refractivity contribution in [2.24, 2.45) is 5.73 Å². The van der Waals surface area contributed by atoms with Gasteiger partial charge in [0.15, 0.2) is 0 Å². The van der Waals surface area contributed by atoms with Crippen molar-refractivity contribution in [1.29, 1.82) is 0 Å². The van der Waals surface area contributed by atoms with Gasteiger partial charge in [0.1, 0.15) is 5.76 Å². The number of rotatable bonds is 3. The molecule has 1 aliphatic heterocycles. The smallest absolute Gasteiger partial charge is 0.110 e. The highest BCUT2D eigenvalue weighted by molar-refractivity contribution is 5.34. The fourth-order valence-corrected chi connectivity index (χ4v) is 3.17. The maximum absolute atomic E-state index is 6.53. The zero-order chi connectivity index (χ0) is 12.4. The van der Waals surface area contributed by atoms with E-state index in [1.807, 2.05) is 0 Å². The molecule has 0 radical (unpaired) electrons. The molecule has 0 spiro atoms. The number of hydrogen-bond acceptors (Lipinski definition) is 2. The van der Waals surface area contributed by atoms with E-state index in [4.69, 9.17) is 10.5 Å². The van der Waals surface area contributed by atoms with Gasteiger partial charge in [0.05, 0.1) is 12.6 Å². The van der Waals surface area contributed by atoms with Crippen LogP contribution in [0.1, 0.15) is 37.7 Å². The molecule has 0 amide bonds. The molecule has 2 N–H and O–H groups in total. The second-order valence-electron chi connectivity index (χ2n) is 5.45. The topological polar surface area (TPSA) is 35.2 Å². The van der Waals surface area contributed by atoms with Crippen LogP contribution in [0.25, 0.3) is 0 Å².